The molecule has 3 rings (SSSR count). The second-order valence-corrected chi connectivity index (χ2v) is 4.59. The van der Waals surface area contributed by atoms with Gasteiger partial charge in [-0.05, 0) is 18.2 Å². The zero-order chi connectivity index (χ0) is 13.9. The zero-order valence-corrected chi connectivity index (χ0v) is 11.1. The Hall–Kier alpha value is -2.64. The normalized spacial score (nSPS) is 10.2. The summed E-state index contributed by atoms with van der Waals surface area (Å²) in [5, 5.41) is 9.35. The quantitative estimate of drug-likeness (QED) is 0.722. The van der Waals surface area contributed by atoms with Crippen molar-refractivity contribution in [3.05, 3.63) is 65.8 Å². The topological polar surface area (TPSA) is 54.5 Å². The fourth-order valence-corrected chi connectivity index (χ4v) is 2.17. The van der Waals surface area contributed by atoms with Gasteiger partial charge in [-0.25, -0.2) is 4.98 Å². The van der Waals surface area contributed by atoms with Gasteiger partial charge in [-0.15, -0.1) is 0 Å². The van der Waals surface area contributed by atoms with E-state index < -0.39 is 0 Å². The van der Waals surface area contributed by atoms with Crippen molar-refractivity contribution in [1.82, 2.24) is 14.5 Å². The molecule has 4 nitrogen and oxygen atoms in total. The molecule has 0 saturated heterocycles. The maximum Gasteiger partial charge on any atom is 0.0992 e. The molecule has 0 radical (unpaired) electrons. The van der Waals surface area contributed by atoms with Crippen molar-refractivity contribution in [2.24, 2.45) is 0 Å². The Balaban J connectivity index is 2.00. The van der Waals surface area contributed by atoms with Crippen LogP contribution < -0.4 is 0 Å². The molecule has 0 atom stereocenters. The molecule has 5 heteroatoms. The van der Waals surface area contributed by atoms with Crippen molar-refractivity contribution in [3.63, 3.8) is 0 Å². The van der Waals surface area contributed by atoms with E-state index in [9.17, 15) is 0 Å². The molecular weight excluding hydrogens is 272 g/mol. The van der Waals surface area contributed by atoms with Crippen molar-refractivity contribution < 1.29 is 0 Å². The van der Waals surface area contributed by atoms with Gasteiger partial charge < -0.3 is 4.57 Å². The summed E-state index contributed by atoms with van der Waals surface area (Å²) in [6.45, 7) is 0. The molecule has 0 aliphatic heterocycles. The van der Waals surface area contributed by atoms with E-state index in [0.29, 0.717) is 16.3 Å². The monoisotopic (exact) mass is 280 g/mol. The van der Waals surface area contributed by atoms with Crippen LogP contribution in [0.1, 0.15) is 5.56 Å². The Bertz CT molecular complexity index is 771. The molecular formula is C15H9ClN4. The van der Waals surface area contributed by atoms with Crippen LogP contribution in [0.15, 0.2) is 55.2 Å². The highest BCUT2D eigenvalue weighted by atomic mass is 35.5. The van der Waals surface area contributed by atoms with Gasteiger partial charge in [-0.2, -0.15) is 5.26 Å². The first-order valence-corrected chi connectivity index (χ1v) is 6.30. The number of hydrogen-bond donors (Lipinski definition) is 0. The van der Waals surface area contributed by atoms with Crippen molar-refractivity contribution in [2.45, 2.75) is 0 Å². The standard InChI is InChI=1S/C15H9ClN4/c16-14-7-13(20-6-5-18-10-20)9-19-15(14)12-3-1-11(8-17)2-4-12/h1-7,9-10H. The number of hydrogen-bond acceptors (Lipinski definition) is 3. The summed E-state index contributed by atoms with van der Waals surface area (Å²) in [6, 6.07) is 11.1. The van der Waals surface area contributed by atoms with Gasteiger partial charge in [0.25, 0.3) is 0 Å². The molecule has 20 heavy (non-hydrogen) atoms. The van der Waals surface area contributed by atoms with Crippen LogP contribution in [0.3, 0.4) is 0 Å². The second kappa shape index (κ2) is 5.16. The van der Waals surface area contributed by atoms with Crippen molar-refractivity contribution in [3.8, 4) is 23.0 Å². The molecule has 0 saturated carbocycles. The molecule has 0 N–H and O–H groups in total. The van der Waals surface area contributed by atoms with Crippen molar-refractivity contribution in [1.29, 1.82) is 5.26 Å². The number of rotatable bonds is 2. The van der Waals surface area contributed by atoms with Crippen molar-refractivity contribution in [2.75, 3.05) is 0 Å². The molecule has 0 spiro atoms. The van der Waals surface area contributed by atoms with Gasteiger partial charge in [-0.1, -0.05) is 23.7 Å². The van der Waals surface area contributed by atoms with E-state index in [1.807, 2.05) is 29.0 Å². The Morgan fingerprint density at radius 1 is 1.20 bits per heavy atom. The number of halogens is 1. The van der Waals surface area contributed by atoms with Crippen LogP contribution in [0.5, 0.6) is 0 Å². The number of benzene rings is 1. The van der Waals surface area contributed by atoms with Crippen LogP contribution in [0.25, 0.3) is 16.9 Å². The van der Waals surface area contributed by atoms with Gasteiger partial charge in [0.1, 0.15) is 0 Å². The molecule has 1 aromatic carbocycles. The zero-order valence-electron chi connectivity index (χ0n) is 10.4. The molecule has 96 valence electrons. The predicted molar refractivity (Wildman–Crippen MR) is 76.5 cm³/mol. The molecule has 0 amide bonds. The fourth-order valence-electron chi connectivity index (χ4n) is 1.90. The third-order valence-corrected chi connectivity index (χ3v) is 3.20. The lowest BCUT2D eigenvalue weighted by molar-refractivity contribution is 1.04. The van der Waals surface area contributed by atoms with E-state index >= 15 is 0 Å². The number of pyridine rings is 1. The van der Waals surface area contributed by atoms with Crippen molar-refractivity contribution >= 4 is 11.6 Å². The summed E-state index contributed by atoms with van der Waals surface area (Å²) < 4.78 is 1.83. The first kappa shape index (κ1) is 12.4. The number of imidazole rings is 1. The average molecular weight is 281 g/mol. The maximum absolute atomic E-state index is 8.80. The van der Waals surface area contributed by atoms with Crippen LogP contribution >= 0.6 is 11.6 Å². The maximum atomic E-state index is 8.80. The van der Waals surface area contributed by atoms with Crippen LogP contribution in [0, 0.1) is 11.3 Å². The van der Waals surface area contributed by atoms with E-state index in [1.54, 1.807) is 30.9 Å². The predicted octanol–water partition coefficient (Wildman–Crippen LogP) is 3.46. The second-order valence-electron chi connectivity index (χ2n) is 4.18. The van der Waals surface area contributed by atoms with Gasteiger partial charge in [0.15, 0.2) is 0 Å². The van der Waals surface area contributed by atoms with Gasteiger partial charge in [0, 0.05) is 18.0 Å². The molecule has 2 heterocycles. The summed E-state index contributed by atoms with van der Waals surface area (Å²) in [5.74, 6) is 0. The van der Waals surface area contributed by atoms with Gasteiger partial charge >= 0.3 is 0 Å². The summed E-state index contributed by atoms with van der Waals surface area (Å²) in [4.78, 5) is 8.39. The Morgan fingerprint density at radius 2 is 2.00 bits per heavy atom. The number of nitriles is 1. The fraction of sp³-hybridized carbons (Fsp3) is 0. The summed E-state index contributed by atoms with van der Waals surface area (Å²) in [5.41, 5.74) is 3.04. The molecule has 2 aromatic heterocycles. The third-order valence-electron chi connectivity index (χ3n) is 2.92. The number of aromatic nitrogens is 3. The molecule has 3 aromatic rings. The average Bonchev–Trinajstić information content (AvgIpc) is 3.01. The summed E-state index contributed by atoms with van der Waals surface area (Å²) >= 11 is 6.29. The number of nitrogens with zero attached hydrogens (tertiary/aromatic N) is 4. The largest absolute Gasteiger partial charge is 0.305 e. The minimum absolute atomic E-state index is 0.556. The molecule has 0 fully saturated rings. The van der Waals surface area contributed by atoms with E-state index in [0.717, 1.165) is 11.3 Å². The summed E-state index contributed by atoms with van der Waals surface area (Å²) in [6.07, 6.45) is 6.95. The Morgan fingerprint density at radius 3 is 2.60 bits per heavy atom. The molecule has 0 aliphatic rings. The van der Waals surface area contributed by atoms with Crippen LogP contribution in [-0.2, 0) is 0 Å². The molecule has 0 aliphatic carbocycles. The minimum atomic E-state index is 0.556. The van der Waals surface area contributed by atoms with Gasteiger partial charge in [-0.3, -0.25) is 4.98 Å². The first-order chi connectivity index (χ1) is 9.78. The van der Waals surface area contributed by atoms with Crippen LogP contribution in [0.4, 0.5) is 0 Å². The van der Waals surface area contributed by atoms with Gasteiger partial charge in [0.2, 0.25) is 0 Å². The SMILES string of the molecule is N#Cc1ccc(-c2ncc(-n3ccnc3)cc2Cl)cc1. The van der Waals surface area contributed by atoms with Gasteiger partial charge in [0.05, 0.1) is 40.6 Å². The highest BCUT2D eigenvalue weighted by Crippen LogP contribution is 2.27. The van der Waals surface area contributed by atoms with Crippen LogP contribution in [0.2, 0.25) is 5.02 Å². The molecule has 0 bridgehead atoms. The first-order valence-electron chi connectivity index (χ1n) is 5.92. The smallest absolute Gasteiger partial charge is 0.0992 e. The Kier molecular flexibility index (Phi) is 3.20. The van der Waals surface area contributed by atoms with E-state index in [4.69, 9.17) is 16.9 Å². The van der Waals surface area contributed by atoms with E-state index in [2.05, 4.69) is 16.0 Å². The highest BCUT2D eigenvalue weighted by Gasteiger charge is 2.07. The lowest BCUT2D eigenvalue weighted by Gasteiger charge is -2.07. The lowest BCUT2D eigenvalue weighted by atomic mass is 10.1. The summed E-state index contributed by atoms with van der Waals surface area (Å²) in [7, 11) is 0. The molecule has 0 unspecified atom stereocenters. The Labute approximate surface area is 120 Å². The lowest BCUT2D eigenvalue weighted by Crippen LogP contribution is -1.93. The van der Waals surface area contributed by atoms with Crippen LogP contribution in [-0.4, -0.2) is 14.5 Å². The highest BCUT2D eigenvalue weighted by molar-refractivity contribution is 6.33. The van der Waals surface area contributed by atoms with E-state index in [-0.39, 0.29) is 0 Å². The minimum Gasteiger partial charge on any atom is -0.305 e. The third kappa shape index (κ3) is 2.27. The van der Waals surface area contributed by atoms with E-state index in [1.165, 1.54) is 0 Å².